The zero-order valence-corrected chi connectivity index (χ0v) is 18.6. The fourth-order valence-corrected chi connectivity index (χ4v) is 3.97. The molecule has 0 amide bonds. The van der Waals surface area contributed by atoms with E-state index in [0.29, 0.717) is 11.9 Å². The fourth-order valence-electron chi connectivity index (χ4n) is 3.97. The van der Waals surface area contributed by atoms with Crippen LogP contribution in [0.25, 0.3) is 16.9 Å². The fraction of sp³-hybridized carbons (Fsp3) is 0.364. The van der Waals surface area contributed by atoms with Crippen molar-refractivity contribution < 1.29 is 22.0 Å². The standard InChI is InChI=1S/C22H19F5N8/c1-12(18-32-11-33-35(18)20-28-6-3-7-29-20)34(2)19-15-8-14(21(23,24)13-4-5-13)9-16(22(25,26)27)17(15)30-10-31-19/h3,6-13H,4-5H2,1-2H3/t12-/m0/s1. The van der Waals surface area contributed by atoms with E-state index in [-0.39, 0.29) is 30.0 Å². The molecule has 1 fully saturated rings. The van der Waals surface area contributed by atoms with E-state index in [1.54, 1.807) is 20.0 Å². The van der Waals surface area contributed by atoms with Crippen LogP contribution in [0.2, 0.25) is 0 Å². The monoisotopic (exact) mass is 490 g/mol. The number of rotatable bonds is 6. The van der Waals surface area contributed by atoms with Gasteiger partial charge in [0.2, 0.25) is 0 Å². The minimum atomic E-state index is -4.88. The Morgan fingerprint density at radius 3 is 2.34 bits per heavy atom. The Kier molecular flexibility index (Phi) is 5.37. The zero-order valence-electron chi connectivity index (χ0n) is 18.6. The molecule has 4 aromatic rings. The molecule has 1 aliphatic carbocycles. The molecule has 3 heterocycles. The summed E-state index contributed by atoms with van der Waals surface area (Å²) < 4.78 is 73.0. The Morgan fingerprint density at radius 1 is 0.971 bits per heavy atom. The van der Waals surface area contributed by atoms with Crippen LogP contribution in [0, 0.1) is 5.92 Å². The van der Waals surface area contributed by atoms with Gasteiger partial charge < -0.3 is 4.90 Å². The van der Waals surface area contributed by atoms with Gasteiger partial charge in [0, 0.05) is 36.3 Å². The number of benzene rings is 1. The summed E-state index contributed by atoms with van der Waals surface area (Å²) in [7, 11) is 1.58. The maximum Gasteiger partial charge on any atom is 0.418 e. The SMILES string of the molecule is C[C@@H](c1ncnn1-c1ncccn1)N(C)c1ncnc2c(C(F)(F)F)cc(C(F)(F)C3CC3)cc12. The Morgan fingerprint density at radius 2 is 1.69 bits per heavy atom. The molecule has 0 N–H and O–H groups in total. The van der Waals surface area contributed by atoms with E-state index in [9.17, 15) is 22.0 Å². The minimum Gasteiger partial charge on any atom is -0.349 e. The van der Waals surface area contributed by atoms with Gasteiger partial charge in [-0.25, -0.2) is 33.7 Å². The van der Waals surface area contributed by atoms with Crippen molar-refractivity contribution in [2.24, 2.45) is 5.92 Å². The van der Waals surface area contributed by atoms with Gasteiger partial charge in [-0.1, -0.05) is 0 Å². The first-order valence-corrected chi connectivity index (χ1v) is 10.7. The highest BCUT2D eigenvalue weighted by Crippen LogP contribution is 2.51. The Hall–Kier alpha value is -3.77. The summed E-state index contributed by atoms with van der Waals surface area (Å²) >= 11 is 0. The summed E-state index contributed by atoms with van der Waals surface area (Å²) in [5, 5.41) is 4.01. The molecule has 8 nitrogen and oxygen atoms in total. The van der Waals surface area contributed by atoms with Crippen LogP contribution in [0.3, 0.4) is 0 Å². The lowest BCUT2D eigenvalue weighted by Crippen LogP contribution is -2.26. The Bertz CT molecular complexity index is 1370. The number of alkyl halides is 5. The highest BCUT2D eigenvalue weighted by molar-refractivity contribution is 5.92. The average Bonchev–Trinajstić information content (AvgIpc) is 3.60. The second kappa shape index (κ2) is 8.17. The lowest BCUT2D eigenvalue weighted by atomic mass is 9.97. The predicted octanol–water partition coefficient (Wildman–Crippen LogP) is 4.72. The van der Waals surface area contributed by atoms with Crippen molar-refractivity contribution in [1.82, 2.24) is 34.7 Å². The smallest absolute Gasteiger partial charge is 0.349 e. The highest BCUT2D eigenvalue weighted by atomic mass is 19.4. The van der Waals surface area contributed by atoms with E-state index in [2.05, 4.69) is 30.0 Å². The molecule has 182 valence electrons. The molecule has 0 aliphatic heterocycles. The van der Waals surface area contributed by atoms with E-state index >= 15 is 0 Å². The number of hydrogen-bond donors (Lipinski definition) is 0. The van der Waals surface area contributed by atoms with Gasteiger partial charge in [0.15, 0.2) is 5.82 Å². The lowest BCUT2D eigenvalue weighted by Gasteiger charge is -2.27. The summed E-state index contributed by atoms with van der Waals surface area (Å²) in [6.45, 7) is 1.73. The maximum absolute atomic E-state index is 14.9. The van der Waals surface area contributed by atoms with E-state index in [4.69, 9.17) is 0 Å². The van der Waals surface area contributed by atoms with Crippen molar-refractivity contribution in [3.8, 4) is 5.95 Å². The summed E-state index contributed by atoms with van der Waals surface area (Å²) in [6.07, 6.45) is 0.983. The van der Waals surface area contributed by atoms with Gasteiger partial charge in [-0.05, 0) is 38.0 Å². The van der Waals surface area contributed by atoms with Crippen molar-refractivity contribution in [2.45, 2.75) is 37.9 Å². The first-order valence-electron chi connectivity index (χ1n) is 10.7. The quantitative estimate of drug-likeness (QED) is 0.362. The first-order chi connectivity index (χ1) is 16.6. The number of aromatic nitrogens is 7. The third-order valence-electron chi connectivity index (χ3n) is 6.10. The molecule has 13 heteroatoms. The largest absolute Gasteiger partial charge is 0.418 e. The number of hydrogen-bond acceptors (Lipinski definition) is 7. The van der Waals surface area contributed by atoms with Gasteiger partial charge in [0.05, 0.1) is 17.1 Å². The van der Waals surface area contributed by atoms with E-state index in [0.717, 1.165) is 12.4 Å². The molecule has 1 saturated carbocycles. The number of nitrogens with zero attached hydrogens (tertiary/aromatic N) is 8. The van der Waals surface area contributed by atoms with Crippen LogP contribution in [0.5, 0.6) is 0 Å². The van der Waals surface area contributed by atoms with Gasteiger partial charge in [0.25, 0.3) is 11.9 Å². The zero-order chi connectivity index (χ0) is 25.0. The van der Waals surface area contributed by atoms with E-state index < -0.39 is 40.7 Å². The molecule has 0 spiro atoms. The van der Waals surface area contributed by atoms with Gasteiger partial charge in [0.1, 0.15) is 18.5 Å². The minimum absolute atomic E-state index is 0.0463. The van der Waals surface area contributed by atoms with Crippen LogP contribution < -0.4 is 4.90 Å². The molecule has 0 radical (unpaired) electrons. The van der Waals surface area contributed by atoms with Crippen LogP contribution in [0.1, 0.15) is 42.8 Å². The van der Waals surface area contributed by atoms with E-state index in [1.165, 1.54) is 28.3 Å². The second-order valence-electron chi connectivity index (χ2n) is 8.38. The Labute approximate surface area is 195 Å². The van der Waals surface area contributed by atoms with Gasteiger partial charge in [-0.15, -0.1) is 0 Å². The van der Waals surface area contributed by atoms with Gasteiger partial charge in [-0.2, -0.15) is 23.0 Å². The summed E-state index contributed by atoms with van der Waals surface area (Å²) in [4.78, 5) is 22.0. The van der Waals surface area contributed by atoms with E-state index in [1.807, 2.05) is 0 Å². The van der Waals surface area contributed by atoms with Crippen LogP contribution >= 0.6 is 0 Å². The molecule has 1 aromatic carbocycles. The third-order valence-corrected chi connectivity index (χ3v) is 6.10. The van der Waals surface area contributed by atoms with Crippen molar-refractivity contribution in [3.05, 3.63) is 60.2 Å². The average molecular weight is 490 g/mol. The van der Waals surface area contributed by atoms with Crippen LogP contribution in [-0.2, 0) is 12.1 Å². The normalized spacial score (nSPS) is 15.4. The molecule has 3 aromatic heterocycles. The van der Waals surface area contributed by atoms with Crippen LogP contribution in [0.4, 0.5) is 27.8 Å². The second-order valence-corrected chi connectivity index (χ2v) is 8.38. The molecular weight excluding hydrogens is 471 g/mol. The van der Waals surface area contributed by atoms with Crippen molar-refractivity contribution in [1.29, 1.82) is 0 Å². The molecule has 0 unspecified atom stereocenters. The van der Waals surface area contributed by atoms with Gasteiger partial charge in [-0.3, -0.25) is 0 Å². The molecule has 35 heavy (non-hydrogen) atoms. The summed E-state index contributed by atoms with van der Waals surface area (Å²) in [5.41, 5.74) is -2.38. The number of anilines is 1. The first kappa shape index (κ1) is 23.0. The van der Waals surface area contributed by atoms with Crippen LogP contribution in [-0.4, -0.2) is 41.7 Å². The highest BCUT2D eigenvalue weighted by Gasteiger charge is 2.49. The molecule has 1 atom stereocenters. The Balaban J connectivity index is 1.64. The summed E-state index contributed by atoms with van der Waals surface area (Å²) in [6, 6.07) is 2.61. The predicted molar refractivity (Wildman–Crippen MR) is 115 cm³/mol. The summed E-state index contributed by atoms with van der Waals surface area (Å²) in [5.74, 6) is -3.70. The number of fused-ring (bicyclic) bond motifs is 1. The molecule has 1 aliphatic rings. The number of halogens is 5. The maximum atomic E-state index is 14.9. The molecule has 0 saturated heterocycles. The molecule has 0 bridgehead atoms. The topological polar surface area (TPSA) is 85.5 Å². The van der Waals surface area contributed by atoms with Gasteiger partial charge >= 0.3 is 6.18 Å². The van der Waals surface area contributed by atoms with Crippen molar-refractivity contribution in [2.75, 3.05) is 11.9 Å². The lowest BCUT2D eigenvalue weighted by molar-refractivity contribution is -0.136. The third kappa shape index (κ3) is 4.04. The van der Waals surface area contributed by atoms with Crippen molar-refractivity contribution in [3.63, 3.8) is 0 Å². The van der Waals surface area contributed by atoms with Crippen LogP contribution in [0.15, 0.2) is 43.2 Å². The van der Waals surface area contributed by atoms with Crippen molar-refractivity contribution >= 4 is 16.7 Å². The molecular formula is C22H19F5N8. The molecule has 5 rings (SSSR count).